The van der Waals surface area contributed by atoms with Crippen LogP contribution in [0.4, 0.5) is 5.69 Å². The molecule has 0 amide bonds. The molecule has 0 aliphatic rings. The van der Waals surface area contributed by atoms with Gasteiger partial charge in [-0.3, -0.25) is 18.9 Å². The molecule has 25 heavy (non-hydrogen) atoms. The minimum absolute atomic E-state index is 0.0458. The van der Waals surface area contributed by atoms with E-state index in [4.69, 9.17) is 0 Å². The third-order valence-corrected chi connectivity index (χ3v) is 3.79. The van der Waals surface area contributed by atoms with Gasteiger partial charge in [-0.05, 0) is 24.6 Å². The van der Waals surface area contributed by atoms with Crippen molar-refractivity contribution in [3.8, 4) is 5.88 Å². The zero-order valence-electron chi connectivity index (χ0n) is 14.4. The first-order chi connectivity index (χ1) is 11.8. The van der Waals surface area contributed by atoms with E-state index in [1.165, 1.54) is 27.3 Å². The maximum absolute atomic E-state index is 12.4. The highest BCUT2D eigenvalue weighted by Gasteiger charge is 2.19. The van der Waals surface area contributed by atoms with Gasteiger partial charge in [-0.1, -0.05) is 13.0 Å². The van der Waals surface area contributed by atoms with Crippen LogP contribution in [0.5, 0.6) is 5.88 Å². The fourth-order valence-electron chi connectivity index (χ4n) is 2.37. The third-order valence-electron chi connectivity index (χ3n) is 3.79. The summed E-state index contributed by atoms with van der Waals surface area (Å²) in [5.41, 5.74) is -0.266. The zero-order chi connectivity index (χ0) is 18.7. The fourth-order valence-corrected chi connectivity index (χ4v) is 2.37. The molecule has 0 aliphatic heterocycles. The van der Waals surface area contributed by atoms with Crippen LogP contribution in [0.2, 0.25) is 0 Å². The quantitative estimate of drug-likeness (QED) is 0.660. The Morgan fingerprint density at radius 2 is 1.92 bits per heavy atom. The van der Waals surface area contributed by atoms with Gasteiger partial charge in [-0.2, -0.15) is 0 Å². The molecule has 0 fully saturated rings. The smallest absolute Gasteiger partial charge is 0.337 e. The average Bonchev–Trinajstić information content (AvgIpc) is 2.63. The van der Waals surface area contributed by atoms with Crippen LogP contribution in [-0.2, 0) is 18.8 Å². The maximum atomic E-state index is 12.4. The van der Waals surface area contributed by atoms with Gasteiger partial charge in [0, 0.05) is 14.1 Å². The van der Waals surface area contributed by atoms with E-state index in [0.29, 0.717) is 23.4 Å². The predicted molar refractivity (Wildman–Crippen MR) is 92.9 cm³/mol. The number of methoxy groups -OCH3 is 1. The monoisotopic (exact) mass is 345 g/mol. The number of carbonyl (C=O) groups excluding carboxylic acids is 1. The number of benzene rings is 1. The third kappa shape index (κ3) is 3.37. The number of rotatable bonds is 4. The van der Waals surface area contributed by atoms with E-state index in [1.54, 1.807) is 25.1 Å². The van der Waals surface area contributed by atoms with Gasteiger partial charge in [-0.15, -0.1) is 0 Å². The Morgan fingerprint density at radius 3 is 2.52 bits per heavy atom. The summed E-state index contributed by atoms with van der Waals surface area (Å²) in [4.78, 5) is 40.3. The molecule has 132 valence electrons. The number of aliphatic imine (C=N–C) groups is 1. The molecule has 1 aromatic carbocycles. The summed E-state index contributed by atoms with van der Waals surface area (Å²) in [6.45, 7) is 1.77. The summed E-state index contributed by atoms with van der Waals surface area (Å²) in [6, 6.07) is 6.40. The van der Waals surface area contributed by atoms with Crippen molar-refractivity contribution in [2.24, 2.45) is 19.1 Å². The molecule has 1 heterocycles. The fraction of sp³-hybridized carbons (Fsp3) is 0.294. The SMILES string of the molecule is CCC(=Nc1cccc(C(=O)OC)c1)c1c(O)n(C)c(=O)n(C)c1=O. The van der Waals surface area contributed by atoms with E-state index >= 15 is 0 Å². The van der Waals surface area contributed by atoms with Crippen LogP contribution < -0.4 is 11.2 Å². The molecule has 0 unspecified atom stereocenters. The normalized spacial score (nSPS) is 11.4. The Hall–Kier alpha value is -3.16. The van der Waals surface area contributed by atoms with Crippen LogP contribution in [0.1, 0.15) is 29.3 Å². The summed E-state index contributed by atoms with van der Waals surface area (Å²) in [6.07, 6.45) is 0.337. The molecule has 0 atom stereocenters. The molecule has 2 rings (SSSR count). The Kier molecular flexibility index (Phi) is 5.21. The van der Waals surface area contributed by atoms with Gasteiger partial charge in [0.15, 0.2) is 0 Å². The number of carbonyl (C=O) groups is 1. The lowest BCUT2D eigenvalue weighted by atomic mass is 10.1. The minimum atomic E-state index is -0.634. The summed E-state index contributed by atoms with van der Waals surface area (Å²) in [7, 11) is 3.98. The van der Waals surface area contributed by atoms with Crippen molar-refractivity contribution in [1.82, 2.24) is 9.13 Å². The zero-order valence-corrected chi connectivity index (χ0v) is 14.4. The van der Waals surface area contributed by atoms with Gasteiger partial charge in [0.1, 0.15) is 5.56 Å². The Bertz CT molecular complexity index is 969. The summed E-state index contributed by atoms with van der Waals surface area (Å²) < 4.78 is 6.56. The lowest BCUT2D eigenvalue weighted by Gasteiger charge is -2.11. The van der Waals surface area contributed by atoms with Crippen LogP contribution in [-0.4, -0.2) is 33.0 Å². The van der Waals surface area contributed by atoms with Gasteiger partial charge in [0.05, 0.1) is 24.1 Å². The number of nitrogens with zero attached hydrogens (tertiary/aromatic N) is 3. The number of hydrogen-bond acceptors (Lipinski definition) is 6. The first-order valence-electron chi connectivity index (χ1n) is 7.57. The minimum Gasteiger partial charge on any atom is -0.494 e. The molecule has 0 saturated carbocycles. The highest BCUT2D eigenvalue weighted by Crippen LogP contribution is 2.19. The molecule has 2 aromatic rings. The molecule has 0 aliphatic carbocycles. The lowest BCUT2D eigenvalue weighted by molar-refractivity contribution is 0.0601. The van der Waals surface area contributed by atoms with Crippen LogP contribution in [0, 0.1) is 0 Å². The summed E-state index contributed by atoms with van der Waals surface area (Å²) >= 11 is 0. The second-order valence-corrected chi connectivity index (χ2v) is 5.36. The number of hydrogen-bond donors (Lipinski definition) is 1. The summed E-state index contributed by atoms with van der Waals surface area (Å²) in [5.74, 6) is -0.950. The Morgan fingerprint density at radius 1 is 1.24 bits per heavy atom. The highest BCUT2D eigenvalue weighted by molar-refractivity contribution is 6.03. The molecule has 0 radical (unpaired) electrons. The second-order valence-electron chi connectivity index (χ2n) is 5.36. The van der Waals surface area contributed by atoms with Crippen molar-refractivity contribution < 1.29 is 14.6 Å². The topological polar surface area (TPSA) is 103 Å². The van der Waals surface area contributed by atoms with E-state index in [1.807, 2.05) is 0 Å². The predicted octanol–water partition coefficient (Wildman–Crippen LogP) is 1.11. The molecule has 1 aromatic heterocycles. The number of aromatic nitrogens is 2. The summed E-state index contributed by atoms with van der Waals surface area (Å²) in [5, 5.41) is 10.2. The van der Waals surface area contributed by atoms with Crippen molar-refractivity contribution in [3.05, 3.63) is 56.2 Å². The average molecular weight is 345 g/mol. The van der Waals surface area contributed by atoms with Crippen LogP contribution in [0.3, 0.4) is 0 Å². The molecular formula is C17H19N3O5. The van der Waals surface area contributed by atoms with E-state index in [0.717, 1.165) is 9.13 Å². The van der Waals surface area contributed by atoms with Crippen molar-refractivity contribution >= 4 is 17.4 Å². The van der Waals surface area contributed by atoms with E-state index in [-0.39, 0.29) is 5.56 Å². The van der Waals surface area contributed by atoms with Gasteiger partial charge in [0.25, 0.3) is 5.56 Å². The van der Waals surface area contributed by atoms with Crippen LogP contribution >= 0.6 is 0 Å². The largest absolute Gasteiger partial charge is 0.494 e. The van der Waals surface area contributed by atoms with E-state index in [2.05, 4.69) is 9.73 Å². The molecule has 0 saturated heterocycles. The van der Waals surface area contributed by atoms with E-state index in [9.17, 15) is 19.5 Å². The number of esters is 1. The molecule has 1 N–H and O–H groups in total. The molecule has 0 spiro atoms. The number of ether oxygens (including phenoxy) is 1. The van der Waals surface area contributed by atoms with E-state index < -0.39 is 23.1 Å². The molecular weight excluding hydrogens is 326 g/mol. The first-order valence-corrected chi connectivity index (χ1v) is 7.57. The van der Waals surface area contributed by atoms with Crippen molar-refractivity contribution in [3.63, 3.8) is 0 Å². The van der Waals surface area contributed by atoms with Crippen LogP contribution in [0.15, 0.2) is 38.8 Å². The highest BCUT2D eigenvalue weighted by atomic mass is 16.5. The molecule has 8 heteroatoms. The molecule has 0 bridgehead atoms. The second kappa shape index (κ2) is 7.16. The van der Waals surface area contributed by atoms with Gasteiger partial charge < -0.3 is 9.84 Å². The van der Waals surface area contributed by atoms with Gasteiger partial charge in [-0.25, -0.2) is 9.59 Å². The Balaban J connectivity index is 2.66. The van der Waals surface area contributed by atoms with Gasteiger partial charge in [0.2, 0.25) is 5.88 Å². The Labute approximate surface area is 143 Å². The van der Waals surface area contributed by atoms with Crippen molar-refractivity contribution in [1.29, 1.82) is 0 Å². The first kappa shape index (κ1) is 18.2. The maximum Gasteiger partial charge on any atom is 0.337 e. The molecule has 8 nitrogen and oxygen atoms in total. The van der Waals surface area contributed by atoms with Gasteiger partial charge >= 0.3 is 11.7 Å². The number of aromatic hydroxyl groups is 1. The van der Waals surface area contributed by atoms with Crippen molar-refractivity contribution in [2.45, 2.75) is 13.3 Å². The standard InChI is InChI=1S/C17H19N3O5/c1-5-12(13-14(21)19(2)17(24)20(3)15(13)22)18-11-8-6-7-10(9-11)16(23)25-4/h6-9,21H,5H2,1-4H3. The van der Waals surface area contributed by atoms with Crippen LogP contribution in [0.25, 0.3) is 0 Å². The van der Waals surface area contributed by atoms with Crippen molar-refractivity contribution in [2.75, 3.05) is 7.11 Å². The lowest BCUT2D eigenvalue weighted by Crippen LogP contribution is -2.40.